The Kier molecular flexibility index (Phi) is 6.33. The van der Waals surface area contributed by atoms with Crippen LogP contribution >= 0.6 is 0 Å². The normalized spacial score (nSPS) is 12.5. The van der Waals surface area contributed by atoms with E-state index in [0.717, 1.165) is 0 Å². The highest BCUT2D eigenvalue weighted by Gasteiger charge is 2.24. The van der Waals surface area contributed by atoms with Gasteiger partial charge in [-0.15, -0.1) is 0 Å². The average Bonchev–Trinajstić information content (AvgIpc) is 2.61. The highest BCUT2D eigenvalue weighted by atomic mass is 32.2. The highest BCUT2D eigenvalue weighted by molar-refractivity contribution is 7.89. The van der Waals surface area contributed by atoms with Gasteiger partial charge in [0.05, 0.1) is 7.11 Å². The summed E-state index contributed by atoms with van der Waals surface area (Å²) in [4.78, 5) is 11.9. The molecule has 1 atom stereocenters. The lowest BCUT2D eigenvalue weighted by Crippen LogP contribution is -2.28. The van der Waals surface area contributed by atoms with E-state index in [1.165, 1.54) is 49.6 Å². The fourth-order valence-corrected chi connectivity index (χ4v) is 3.83. The minimum atomic E-state index is -3.98. The Balaban J connectivity index is 2.35. The number of rotatable bonds is 7. The van der Waals surface area contributed by atoms with Crippen LogP contribution < -0.4 is 14.8 Å². The van der Waals surface area contributed by atoms with E-state index in [9.17, 15) is 17.6 Å². The van der Waals surface area contributed by atoms with Gasteiger partial charge in [0.2, 0.25) is 10.0 Å². The maximum Gasteiger partial charge on any atom is 0.251 e. The minimum absolute atomic E-state index is 0.122. The molecular weight excluding hydrogens is 359 g/mol. The Morgan fingerprint density at radius 2 is 1.85 bits per heavy atom. The predicted octanol–water partition coefficient (Wildman–Crippen LogP) is 2.62. The first-order valence-corrected chi connectivity index (χ1v) is 9.50. The molecule has 0 fully saturated rings. The molecule has 0 bridgehead atoms. The smallest absolute Gasteiger partial charge is 0.251 e. The molecule has 0 heterocycles. The molecule has 6 nitrogen and oxygen atoms in total. The summed E-state index contributed by atoms with van der Waals surface area (Å²) in [6.07, 6.45) is 0. The van der Waals surface area contributed by atoms with Gasteiger partial charge in [0.1, 0.15) is 16.5 Å². The molecule has 8 heteroatoms. The van der Waals surface area contributed by atoms with Crippen molar-refractivity contribution in [3.05, 3.63) is 59.4 Å². The fourth-order valence-electron chi connectivity index (χ4n) is 2.41. The van der Waals surface area contributed by atoms with E-state index in [0.29, 0.717) is 12.1 Å². The molecular formula is C18H21FN2O4S. The van der Waals surface area contributed by atoms with Crippen molar-refractivity contribution < 1.29 is 22.3 Å². The van der Waals surface area contributed by atoms with E-state index >= 15 is 0 Å². The summed E-state index contributed by atoms with van der Waals surface area (Å²) in [6.45, 7) is 3.84. The van der Waals surface area contributed by atoms with Crippen LogP contribution in [0.5, 0.6) is 5.75 Å². The number of halogens is 1. The third-order valence-corrected chi connectivity index (χ3v) is 5.32. The van der Waals surface area contributed by atoms with Crippen molar-refractivity contribution in [2.45, 2.75) is 24.8 Å². The zero-order valence-electron chi connectivity index (χ0n) is 14.7. The van der Waals surface area contributed by atoms with Crippen LogP contribution in [0.2, 0.25) is 0 Å². The maximum atomic E-state index is 13.0. The van der Waals surface area contributed by atoms with Crippen LogP contribution in [0.3, 0.4) is 0 Å². The second-order valence-corrected chi connectivity index (χ2v) is 7.30. The lowest BCUT2D eigenvalue weighted by atomic mass is 10.1. The van der Waals surface area contributed by atoms with Gasteiger partial charge >= 0.3 is 0 Å². The number of carbonyl (C=O) groups excluding carboxylic acids is 1. The van der Waals surface area contributed by atoms with Crippen molar-refractivity contribution in [3.63, 3.8) is 0 Å². The zero-order valence-corrected chi connectivity index (χ0v) is 15.6. The molecule has 0 radical (unpaired) electrons. The number of carbonyl (C=O) groups is 1. The monoisotopic (exact) mass is 380 g/mol. The number of sulfonamides is 1. The van der Waals surface area contributed by atoms with E-state index in [-0.39, 0.29) is 22.1 Å². The van der Waals surface area contributed by atoms with Crippen molar-refractivity contribution in [2.24, 2.45) is 0 Å². The number of nitrogens with one attached hydrogen (secondary N) is 2. The Bertz CT molecular complexity index is 883. The van der Waals surface area contributed by atoms with Crippen LogP contribution in [0.4, 0.5) is 4.39 Å². The molecule has 0 saturated carbocycles. The first-order valence-electron chi connectivity index (χ1n) is 8.02. The topological polar surface area (TPSA) is 84.5 Å². The number of amides is 1. The first-order chi connectivity index (χ1) is 12.3. The van der Waals surface area contributed by atoms with E-state index in [1.54, 1.807) is 13.8 Å². The second kappa shape index (κ2) is 8.29. The minimum Gasteiger partial charge on any atom is -0.495 e. The van der Waals surface area contributed by atoms with Gasteiger partial charge in [-0.25, -0.2) is 17.5 Å². The Morgan fingerprint density at radius 1 is 1.19 bits per heavy atom. The second-order valence-electron chi connectivity index (χ2n) is 5.62. The molecule has 0 aliphatic carbocycles. The quantitative estimate of drug-likeness (QED) is 0.773. The highest BCUT2D eigenvalue weighted by Crippen LogP contribution is 2.26. The van der Waals surface area contributed by atoms with Crippen molar-refractivity contribution in [1.82, 2.24) is 10.0 Å². The fraction of sp³-hybridized carbons (Fsp3) is 0.278. The summed E-state index contributed by atoms with van der Waals surface area (Å²) in [5.41, 5.74) is 0.816. The van der Waals surface area contributed by atoms with Gasteiger partial charge in [-0.1, -0.05) is 12.1 Å². The standard InChI is InChI=1S/C18H21FN2O4S/c1-4-20-18(22)14-7-10-16(25-3)17(11-14)26(23,24)21-12(2)13-5-8-15(19)9-6-13/h5-12,21H,4H2,1-3H3,(H,20,22)/t12-/m1/s1. The maximum absolute atomic E-state index is 13.0. The van der Waals surface area contributed by atoms with Crippen LogP contribution in [-0.4, -0.2) is 28.0 Å². The lowest BCUT2D eigenvalue weighted by molar-refractivity contribution is 0.0955. The molecule has 140 valence electrons. The van der Waals surface area contributed by atoms with E-state index in [4.69, 9.17) is 4.74 Å². The molecule has 0 unspecified atom stereocenters. The lowest BCUT2D eigenvalue weighted by Gasteiger charge is -2.17. The van der Waals surface area contributed by atoms with Crippen LogP contribution in [0.15, 0.2) is 47.4 Å². The van der Waals surface area contributed by atoms with E-state index < -0.39 is 21.9 Å². The van der Waals surface area contributed by atoms with Gasteiger partial charge < -0.3 is 10.1 Å². The molecule has 26 heavy (non-hydrogen) atoms. The Labute approximate surface area is 152 Å². The first kappa shape index (κ1) is 19.9. The van der Waals surface area contributed by atoms with Crippen LogP contribution in [-0.2, 0) is 10.0 Å². The van der Waals surface area contributed by atoms with Gasteiger partial charge in [0.15, 0.2) is 0 Å². The molecule has 1 amide bonds. The molecule has 2 N–H and O–H groups in total. The van der Waals surface area contributed by atoms with Crippen molar-refractivity contribution in [3.8, 4) is 5.75 Å². The third kappa shape index (κ3) is 4.59. The number of ether oxygens (including phenoxy) is 1. The van der Waals surface area contributed by atoms with Gasteiger partial charge in [-0.05, 0) is 49.7 Å². The predicted molar refractivity (Wildman–Crippen MR) is 96.1 cm³/mol. The van der Waals surface area contributed by atoms with Crippen molar-refractivity contribution in [1.29, 1.82) is 0 Å². The average molecular weight is 380 g/mol. The zero-order chi connectivity index (χ0) is 19.3. The van der Waals surface area contributed by atoms with Crippen molar-refractivity contribution >= 4 is 15.9 Å². The summed E-state index contributed by atoms with van der Waals surface area (Å²) in [7, 11) is -2.63. The molecule has 2 aromatic carbocycles. The van der Waals surface area contributed by atoms with Gasteiger partial charge in [0, 0.05) is 18.2 Å². The van der Waals surface area contributed by atoms with Crippen LogP contribution in [0.1, 0.15) is 35.8 Å². The molecule has 2 rings (SSSR count). The van der Waals surface area contributed by atoms with E-state index in [1.807, 2.05) is 0 Å². The molecule has 0 aliphatic rings. The van der Waals surface area contributed by atoms with Crippen LogP contribution in [0, 0.1) is 5.82 Å². The molecule has 0 spiro atoms. The molecule has 0 saturated heterocycles. The summed E-state index contributed by atoms with van der Waals surface area (Å²) in [6, 6.07) is 9.12. The van der Waals surface area contributed by atoms with Gasteiger partial charge in [-0.3, -0.25) is 4.79 Å². The SMILES string of the molecule is CCNC(=O)c1ccc(OC)c(S(=O)(=O)N[C@H](C)c2ccc(F)cc2)c1. The summed E-state index contributed by atoms with van der Waals surface area (Å²) in [5.74, 6) is -0.657. The van der Waals surface area contributed by atoms with Gasteiger partial charge in [0.25, 0.3) is 5.91 Å². The number of hydrogen-bond donors (Lipinski definition) is 2. The number of methoxy groups -OCH3 is 1. The van der Waals surface area contributed by atoms with Crippen LogP contribution in [0.25, 0.3) is 0 Å². The Morgan fingerprint density at radius 3 is 2.42 bits per heavy atom. The number of hydrogen-bond acceptors (Lipinski definition) is 4. The van der Waals surface area contributed by atoms with Crippen molar-refractivity contribution in [2.75, 3.05) is 13.7 Å². The molecule has 0 aromatic heterocycles. The summed E-state index contributed by atoms with van der Waals surface area (Å²) >= 11 is 0. The molecule has 2 aromatic rings. The largest absolute Gasteiger partial charge is 0.495 e. The summed E-state index contributed by atoms with van der Waals surface area (Å²) < 4.78 is 46.3. The third-order valence-electron chi connectivity index (χ3n) is 3.75. The van der Waals surface area contributed by atoms with E-state index in [2.05, 4.69) is 10.0 Å². The Hall–Kier alpha value is -2.45. The summed E-state index contributed by atoms with van der Waals surface area (Å²) in [5, 5.41) is 2.62. The van der Waals surface area contributed by atoms with Gasteiger partial charge in [-0.2, -0.15) is 0 Å². The number of benzene rings is 2. The molecule has 0 aliphatic heterocycles.